The molecule has 1 heterocycles. The van der Waals surface area contributed by atoms with Crippen LogP contribution < -0.4 is 15.5 Å². The fourth-order valence-corrected chi connectivity index (χ4v) is 4.74. The highest BCUT2D eigenvalue weighted by molar-refractivity contribution is 7.80. The molecule has 1 aromatic carbocycles. The summed E-state index contributed by atoms with van der Waals surface area (Å²) in [6.07, 6.45) is 5.18. The van der Waals surface area contributed by atoms with Gasteiger partial charge < -0.3 is 20.4 Å². The van der Waals surface area contributed by atoms with Crippen LogP contribution in [0, 0.1) is 19.8 Å². The molecule has 6 heteroatoms. The van der Waals surface area contributed by atoms with Gasteiger partial charge in [-0.05, 0) is 56.0 Å². The van der Waals surface area contributed by atoms with E-state index in [-0.39, 0.29) is 5.91 Å². The van der Waals surface area contributed by atoms with Crippen LogP contribution in [0.3, 0.4) is 0 Å². The zero-order valence-electron chi connectivity index (χ0n) is 17.5. The van der Waals surface area contributed by atoms with E-state index in [1.54, 1.807) is 0 Å². The molecule has 1 aromatic rings. The van der Waals surface area contributed by atoms with Gasteiger partial charge in [0.15, 0.2) is 11.7 Å². The molecule has 1 aliphatic heterocycles. The molecule has 1 aliphatic carbocycles. The van der Waals surface area contributed by atoms with Crippen LogP contribution in [0.25, 0.3) is 0 Å². The molecule has 2 atom stereocenters. The number of nitrogens with zero attached hydrogens (tertiary/aromatic N) is 1. The van der Waals surface area contributed by atoms with Crippen LogP contribution in [0.1, 0.15) is 43.7 Å². The van der Waals surface area contributed by atoms with Crippen molar-refractivity contribution in [1.82, 2.24) is 10.2 Å². The van der Waals surface area contributed by atoms with E-state index in [9.17, 15) is 4.79 Å². The number of benzene rings is 1. The highest BCUT2D eigenvalue weighted by atomic mass is 32.1. The predicted molar refractivity (Wildman–Crippen MR) is 119 cm³/mol. The van der Waals surface area contributed by atoms with E-state index < -0.39 is 0 Å². The maximum atomic E-state index is 12.5. The summed E-state index contributed by atoms with van der Waals surface area (Å²) in [6.45, 7) is 10.6. The molecule has 0 unspecified atom stereocenters. The molecule has 0 radical (unpaired) electrons. The topological polar surface area (TPSA) is 48.8 Å². The minimum Gasteiger partial charge on any atom is -0.360 e. The van der Waals surface area contributed by atoms with Crippen LogP contribution in [0.2, 0.25) is 0 Å². The SMILES string of the molecule is Cc1cccc(C)c1NC(=O)C[NH+]1CCN(C(=S)N[C@@H]2CCCC[C@@H]2C)CC1. The monoisotopic (exact) mass is 403 g/mol. The van der Waals surface area contributed by atoms with Gasteiger partial charge in [0.05, 0.1) is 26.2 Å². The summed E-state index contributed by atoms with van der Waals surface area (Å²) in [6, 6.07) is 6.62. The lowest BCUT2D eigenvalue weighted by atomic mass is 9.86. The number of nitrogens with one attached hydrogen (secondary N) is 3. The Morgan fingerprint density at radius 3 is 2.46 bits per heavy atom. The van der Waals surface area contributed by atoms with Gasteiger partial charge in [-0.1, -0.05) is 38.0 Å². The third-order valence-corrected chi connectivity index (χ3v) is 6.71. The predicted octanol–water partition coefficient (Wildman–Crippen LogP) is 1.90. The second-order valence-electron chi connectivity index (χ2n) is 8.55. The summed E-state index contributed by atoms with van der Waals surface area (Å²) >= 11 is 5.68. The first-order valence-electron chi connectivity index (χ1n) is 10.7. The fraction of sp³-hybridized carbons (Fsp3) is 0.636. The van der Waals surface area contributed by atoms with Crippen molar-refractivity contribution >= 4 is 28.9 Å². The van der Waals surface area contributed by atoms with Crippen molar-refractivity contribution in [3.05, 3.63) is 29.3 Å². The quantitative estimate of drug-likeness (QED) is 0.672. The number of anilines is 1. The number of amides is 1. The van der Waals surface area contributed by atoms with E-state index in [0.29, 0.717) is 18.5 Å². The van der Waals surface area contributed by atoms with Crippen molar-refractivity contribution in [3.63, 3.8) is 0 Å². The Morgan fingerprint density at radius 1 is 1.18 bits per heavy atom. The van der Waals surface area contributed by atoms with Crippen LogP contribution in [0.5, 0.6) is 0 Å². The van der Waals surface area contributed by atoms with Crippen LogP contribution >= 0.6 is 12.2 Å². The largest absolute Gasteiger partial charge is 0.360 e. The lowest BCUT2D eigenvalue weighted by Crippen LogP contribution is -3.15. The fourth-order valence-electron chi connectivity index (χ4n) is 4.41. The highest BCUT2D eigenvalue weighted by Gasteiger charge is 2.27. The van der Waals surface area contributed by atoms with Gasteiger partial charge in [0.25, 0.3) is 5.91 Å². The average Bonchev–Trinajstić information content (AvgIpc) is 2.67. The van der Waals surface area contributed by atoms with Gasteiger partial charge >= 0.3 is 0 Å². The molecule has 2 aliphatic rings. The van der Waals surface area contributed by atoms with E-state index in [2.05, 4.69) is 22.5 Å². The van der Waals surface area contributed by atoms with E-state index >= 15 is 0 Å². The number of carbonyl (C=O) groups is 1. The summed E-state index contributed by atoms with van der Waals surface area (Å²) < 4.78 is 0. The molecular weight excluding hydrogens is 368 g/mol. The number of rotatable bonds is 4. The Balaban J connectivity index is 1.43. The molecule has 0 spiro atoms. The summed E-state index contributed by atoms with van der Waals surface area (Å²) in [5.41, 5.74) is 3.18. The molecule has 28 heavy (non-hydrogen) atoms. The number of quaternary nitrogens is 1. The van der Waals surface area contributed by atoms with Crippen LogP contribution in [-0.4, -0.2) is 54.7 Å². The molecule has 2 fully saturated rings. The third kappa shape index (κ3) is 5.45. The zero-order valence-corrected chi connectivity index (χ0v) is 18.3. The average molecular weight is 404 g/mol. The molecular formula is C22H35N4OS+. The minimum atomic E-state index is 0.0950. The maximum absolute atomic E-state index is 12.5. The Morgan fingerprint density at radius 2 is 1.82 bits per heavy atom. The Kier molecular flexibility index (Phi) is 7.30. The van der Waals surface area contributed by atoms with Crippen LogP contribution in [-0.2, 0) is 4.79 Å². The first-order chi connectivity index (χ1) is 13.4. The van der Waals surface area contributed by atoms with Crippen molar-refractivity contribution in [3.8, 4) is 0 Å². The number of aryl methyl sites for hydroxylation is 2. The van der Waals surface area contributed by atoms with Gasteiger partial charge in [-0.3, -0.25) is 4.79 Å². The van der Waals surface area contributed by atoms with Crippen molar-refractivity contribution in [2.45, 2.75) is 52.5 Å². The standard InChI is InChI=1S/C22H34N4OS/c1-16-7-4-5-10-19(16)23-22(28)26-13-11-25(12-14-26)15-20(27)24-21-17(2)8-6-9-18(21)3/h6,8-9,16,19H,4-5,7,10-15H2,1-3H3,(H,23,28)(H,24,27)/p+1/t16-,19+/m0/s1. The van der Waals surface area contributed by atoms with Gasteiger partial charge in [-0.15, -0.1) is 0 Å². The molecule has 3 N–H and O–H groups in total. The molecule has 1 amide bonds. The highest BCUT2D eigenvalue weighted by Crippen LogP contribution is 2.24. The smallest absolute Gasteiger partial charge is 0.279 e. The van der Waals surface area contributed by atoms with Gasteiger partial charge in [-0.25, -0.2) is 0 Å². The third-order valence-electron chi connectivity index (χ3n) is 6.33. The van der Waals surface area contributed by atoms with Crippen molar-refractivity contribution in [2.24, 2.45) is 5.92 Å². The second-order valence-corrected chi connectivity index (χ2v) is 8.93. The molecule has 1 saturated heterocycles. The number of thiocarbonyl (C=S) groups is 1. The van der Waals surface area contributed by atoms with Crippen LogP contribution in [0.15, 0.2) is 18.2 Å². The molecule has 1 saturated carbocycles. The first-order valence-corrected chi connectivity index (χ1v) is 11.1. The Bertz CT molecular complexity index is 680. The van der Waals surface area contributed by atoms with Crippen molar-refractivity contribution in [1.29, 1.82) is 0 Å². The summed E-state index contributed by atoms with van der Waals surface area (Å²) in [5.74, 6) is 0.796. The number of para-hydroxylation sites is 1. The van der Waals surface area contributed by atoms with E-state index in [1.165, 1.54) is 30.6 Å². The summed E-state index contributed by atoms with van der Waals surface area (Å²) in [4.78, 5) is 16.1. The van der Waals surface area contributed by atoms with Crippen molar-refractivity contribution in [2.75, 3.05) is 38.0 Å². The van der Waals surface area contributed by atoms with Gasteiger partial charge in [0.2, 0.25) is 0 Å². The van der Waals surface area contributed by atoms with Crippen LogP contribution in [0.4, 0.5) is 5.69 Å². The lowest BCUT2D eigenvalue weighted by Gasteiger charge is -2.37. The molecule has 0 aromatic heterocycles. The van der Waals surface area contributed by atoms with E-state index in [4.69, 9.17) is 12.2 Å². The maximum Gasteiger partial charge on any atom is 0.279 e. The number of hydrogen-bond acceptors (Lipinski definition) is 2. The van der Waals surface area contributed by atoms with E-state index in [1.807, 2.05) is 32.0 Å². The number of piperazine rings is 1. The Labute approximate surface area is 174 Å². The molecule has 154 valence electrons. The molecule has 0 bridgehead atoms. The van der Waals surface area contributed by atoms with Crippen molar-refractivity contribution < 1.29 is 9.69 Å². The van der Waals surface area contributed by atoms with Gasteiger partial charge in [0.1, 0.15) is 0 Å². The lowest BCUT2D eigenvalue weighted by molar-refractivity contribution is -0.895. The second kappa shape index (κ2) is 9.70. The number of carbonyl (C=O) groups excluding carboxylic acids is 1. The summed E-state index contributed by atoms with van der Waals surface area (Å²) in [5, 5.41) is 7.62. The zero-order chi connectivity index (χ0) is 20.1. The Hall–Kier alpha value is -1.66. The van der Waals surface area contributed by atoms with E-state index in [0.717, 1.165) is 48.1 Å². The summed E-state index contributed by atoms with van der Waals surface area (Å²) in [7, 11) is 0. The number of hydrogen-bond donors (Lipinski definition) is 3. The first kappa shape index (κ1) is 21.1. The normalized spacial score (nSPS) is 23.3. The van der Waals surface area contributed by atoms with Gasteiger partial charge in [-0.2, -0.15) is 0 Å². The molecule has 5 nitrogen and oxygen atoms in total. The van der Waals surface area contributed by atoms with Gasteiger partial charge in [0, 0.05) is 11.7 Å². The minimum absolute atomic E-state index is 0.0950. The molecule has 3 rings (SSSR count).